The molecule has 0 spiro atoms. The molecule has 1 aliphatic heterocycles. The van der Waals surface area contributed by atoms with Crippen LogP contribution in [0.2, 0.25) is 0 Å². The molecule has 2 rings (SSSR count). The Morgan fingerprint density at radius 1 is 1.50 bits per heavy atom. The third-order valence-electron chi connectivity index (χ3n) is 3.01. The van der Waals surface area contributed by atoms with Crippen molar-refractivity contribution in [2.45, 2.75) is 31.7 Å². The predicted octanol–water partition coefficient (Wildman–Crippen LogP) is 1.82. The lowest BCUT2D eigenvalue weighted by molar-refractivity contribution is 0.262. The molecule has 1 N–H and O–H groups in total. The quantitative estimate of drug-likeness (QED) is 0.858. The lowest BCUT2D eigenvalue weighted by Crippen LogP contribution is -2.41. The molecule has 1 aliphatic rings. The second-order valence-corrected chi connectivity index (χ2v) is 5.21. The van der Waals surface area contributed by atoms with Crippen LogP contribution in [0.15, 0.2) is 12.5 Å². The fourth-order valence-corrected chi connectivity index (χ4v) is 2.86. The monoisotopic (exact) mass is 333 g/mol. The molecule has 16 heavy (non-hydrogen) atoms. The average Bonchev–Trinajstić information content (AvgIpc) is 2.31. The second-order valence-electron chi connectivity index (χ2n) is 4.05. The van der Waals surface area contributed by atoms with E-state index in [9.17, 15) is 0 Å². The van der Waals surface area contributed by atoms with Crippen LogP contribution in [0.4, 0.5) is 5.82 Å². The highest BCUT2D eigenvalue weighted by Crippen LogP contribution is 2.27. The molecule has 1 aromatic heterocycles. The van der Waals surface area contributed by atoms with Crippen molar-refractivity contribution in [1.82, 2.24) is 9.97 Å². The van der Waals surface area contributed by atoms with Gasteiger partial charge in [0.2, 0.25) is 0 Å². The van der Waals surface area contributed by atoms with Gasteiger partial charge in [0.1, 0.15) is 12.1 Å². The first-order chi connectivity index (χ1) is 7.83. The van der Waals surface area contributed by atoms with E-state index in [0.717, 1.165) is 28.8 Å². The molecule has 1 atom stereocenters. The molecule has 2 heterocycles. The molecular formula is C11H16IN3O. The fourth-order valence-electron chi connectivity index (χ4n) is 2.25. The minimum absolute atomic E-state index is 0.253. The maximum atomic E-state index is 9.09. The first-order valence-electron chi connectivity index (χ1n) is 5.66. The molecule has 88 valence electrons. The number of rotatable bonds is 3. The van der Waals surface area contributed by atoms with Crippen LogP contribution in [0.25, 0.3) is 0 Å². The Morgan fingerprint density at radius 2 is 2.38 bits per heavy atom. The summed E-state index contributed by atoms with van der Waals surface area (Å²) in [4.78, 5) is 10.7. The van der Waals surface area contributed by atoms with Gasteiger partial charge in [-0.3, -0.25) is 0 Å². The van der Waals surface area contributed by atoms with E-state index in [4.69, 9.17) is 5.11 Å². The minimum atomic E-state index is 0.253. The number of aliphatic hydroxyl groups is 1. The number of nitrogens with zero attached hydrogens (tertiary/aromatic N) is 3. The number of halogens is 1. The summed E-state index contributed by atoms with van der Waals surface area (Å²) in [5, 5.41) is 9.09. The van der Waals surface area contributed by atoms with Gasteiger partial charge in [0, 0.05) is 25.4 Å². The summed E-state index contributed by atoms with van der Waals surface area (Å²) in [6.45, 7) is 1.29. The Bertz CT molecular complexity index is 346. The molecule has 4 nitrogen and oxygen atoms in total. The number of hydrogen-bond acceptors (Lipinski definition) is 4. The van der Waals surface area contributed by atoms with Gasteiger partial charge in [-0.15, -0.1) is 0 Å². The molecule has 1 unspecified atom stereocenters. The van der Waals surface area contributed by atoms with E-state index in [0.29, 0.717) is 6.04 Å². The van der Waals surface area contributed by atoms with E-state index in [1.54, 1.807) is 6.33 Å². The van der Waals surface area contributed by atoms with E-state index in [1.165, 1.54) is 12.8 Å². The topological polar surface area (TPSA) is 49.2 Å². The van der Waals surface area contributed by atoms with Crippen LogP contribution >= 0.6 is 22.6 Å². The van der Waals surface area contributed by atoms with Crippen molar-refractivity contribution in [2.24, 2.45) is 0 Å². The SMILES string of the molecule is OCCC1CCCCN1c1ncncc1I. The van der Waals surface area contributed by atoms with Gasteiger partial charge in [-0.2, -0.15) is 0 Å². The van der Waals surface area contributed by atoms with Crippen LogP contribution in [-0.2, 0) is 0 Å². The van der Waals surface area contributed by atoms with Crippen LogP contribution in [0.1, 0.15) is 25.7 Å². The van der Waals surface area contributed by atoms with Gasteiger partial charge in [0.15, 0.2) is 0 Å². The standard InChI is InChI=1S/C11H16IN3O/c12-10-7-13-8-14-11(10)15-5-2-1-3-9(15)4-6-16/h7-9,16H,1-6H2. The summed E-state index contributed by atoms with van der Waals surface area (Å²) in [6, 6.07) is 0.433. The van der Waals surface area contributed by atoms with Crippen molar-refractivity contribution in [3.05, 3.63) is 16.1 Å². The summed E-state index contributed by atoms with van der Waals surface area (Å²) in [6.07, 6.45) is 7.89. The summed E-state index contributed by atoms with van der Waals surface area (Å²) in [7, 11) is 0. The average molecular weight is 333 g/mol. The van der Waals surface area contributed by atoms with E-state index in [-0.39, 0.29) is 6.61 Å². The number of anilines is 1. The lowest BCUT2D eigenvalue weighted by atomic mass is 10.00. The molecule has 0 bridgehead atoms. The predicted molar refractivity (Wildman–Crippen MR) is 71.4 cm³/mol. The normalized spacial score (nSPS) is 21.1. The first-order valence-corrected chi connectivity index (χ1v) is 6.74. The Balaban J connectivity index is 2.19. The van der Waals surface area contributed by atoms with E-state index < -0.39 is 0 Å². The summed E-state index contributed by atoms with van der Waals surface area (Å²) < 4.78 is 1.09. The van der Waals surface area contributed by atoms with Gasteiger partial charge >= 0.3 is 0 Å². The van der Waals surface area contributed by atoms with Crippen LogP contribution < -0.4 is 4.90 Å². The molecule has 0 saturated carbocycles. The Hall–Kier alpha value is -0.430. The smallest absolute Gasteiger partial charge is 0.145 e. The molecule has 0 aromatic carbocycles. The molecule has 1 saturated heterocycles. The summed E-state index contributed by atoms with van der Waals surface area (Å²) >= 11 is 2.27. The van der Waals surface area contributed by atoms with Gasteiger partial charge in [0.05, 0.1) is 3.57 Å². The third kappa shape index (κ3) is 2.63. The number of piperidine rings is 1. The van der Waals surface area contributed by atoms with Gasteiger partial charge in [-0.25, -0.2) is 9.97 Å². The zero-order valence-corrected chi connectivity index (χ0v) is 11.3. The summed E-state index contributed by atoms with van der Waals surface area (Å²) in [5.74, 6) is 1.02. The Labute approximate surface area is 109 Å². The van der Waals surface area contributed by atoms with Crippen LogP contribution in [0.5, 0.6) is 0 Å². The number of aliphatic hydroxyl groups excluding tert-OH is 1. The van der Waals surface area contributed by atoms with Gasteiger partial charge in [-0.05, 0) is 48.3 Å². The zero-order valence-electron chi connectivity index (χ0n) is 9.14. The van der Waals surface area contributed by atoms with E-state index in [1.807, 2.05) is 6.20 Å². The molecule has 0 amide bonds. The highest BCUT2D eigenvalue weighted by molar-refractivity contribution is 14.1. The van der Waals surface area contributed by atoms with Crippen molar-refractivity contribution in [3.63, 3.8) is 0 Å². The van der Waals surface area contributed by atoms with Gasteiger partial charge < -0.3 is 10.0 Å². The van der Waals surface area contributed by atoms with E-state index >= 15 is 0 Å². The lowest BCUT2D eigenvalue weighted by Gasteiger charge is -2.36. The zero-order chi connectivity index (χ0) is 11.4. The maximum Gasteiger partial charge on any atom is 0.145 e. The second kappa shape index (κ2) is 5.77. The molecule has 5 heteroatoms. The van der Waals surface area contributed by atoms with Crippen LogP contribution in [-0.4, -0.2) is 34.3 Å². The van der Waals surface area contributed by atoms with Crippen LogP contribution in [0.3, 0.4) is 0 Å². The molecule has 1 fully saturated rings. The largest absolute Gasteiger partial charge is 0.396 e. The first kappa shape index (κ1) is 12.0. The summed E-state index contributed by atoms with van der Waals surface area (Å²) in [5.41, 5.74) is 0. The van der Waals surface area contributed by atoms with E-state index in [2.05, 4.69) is 37.5 Å². The third-order valence-corrected chi connectivity index (χ3v) is 3.77. The molecule has 1 aromatic rings. The fraction of sp³-hybridized carbons (Fsp3) is 0.636. The van der Waals surface area contributed by atoms with Gasteiger partial charge in [0.25, 0.3) is 0 Å². The van der Waals surface area contributed by atoms with Crippen molar-refractivity contribution in [1.29, 1.82) is 0 Å². The minimum Gasteiger partial charge on any atom is -0.396 e. The Kier molecular flexibility index (Phi) is 4.34. The van der Waals surface area contributed by atoms with Crippen LogP contribution in [0, 0.1) is 3.57 Å². The van der Waals surface area contributed by atoms with Crippen molar-refractivity contribution in [3.8, 4) is 0 Å². The molecular weight excluding hydrogens is 317 g/mol. The highest BCUT2D eigenvalue weighted by atomic mass is 127. The van der Waals surface area contributed by atoms with Crippen molar-refractivity contribution >= 4 is 28.4 Å². The van der Waals surface area contributed by atoms with Crippen molar-refractivity contribution in [2.75, 3.05) is 18.1 Å². The number of hydrogen-bond donors (Lipinski definition) is 1. The van der Waals surface area contributed by atoms with Gasteiger partial charge in [-0.1, -0.05) is 0 Å². The van der Waals surface area contributed by atoms with Crippen molar-refractivity contribution < 1.29 is 5.11 Å². The molecule has 0 radical (unpaired) electrons. The highest BCUT2D eigenvalue weighted by Gasteiger charge is 2.24. The number of aromatic nitrogens is 2. The maximum absolute atomic E-state index is 9.09. The molecule has 0 aliphatic carbocycles. The Morgan fingerprint density at radius 3 is 3.12 bits per heavy atom.